The molecule has 0 atom stereocenters. The van der Waals surface area contributed by atoms with Crippen molar-refractivity contribution in [3.63, 3.8) is 0 Å². The van der Waals surface area contributed by atoms with Crippen molar-refractivity contribution in [1.82, 2.24) is 4.98 Å². The van der Waals surface area contributed by atoms with Crippen molar-refractivity contribution < 1.29 is 14.6 Å². The molecule has 1 heterocycles. The lowest BCUT2D eigenvalue weighted by Crippen LogP contribution is -2.02. The molecule has 3 aromatic rings. The van der Waals surface area contributed by atoms with E-state index >= 15 is 0 Å². The number of hydrogen-bond donors (Lipinski definition) is 1. The van der Waals surface area contributed by atoms with Crippen LogP contribution in [0.4, 0.5) is 0 Å². The van der Waals surface area contributed by atoms with Crippen LogP contribution in [-0.4, -0.2) is 16.1 Å². The fraction of sp³-hybridized carbons (Fsp3) is 0.0476. The molecular formula is C21H17NO3. The fourth-order valence-electron chi connectivity index (χ4n) is 2.40. The standard InChI is InChI=1S/C21H17NO3/c23-21(24)20-18(10-6-14-22-20)13-12-17-9-4-5-11-19(17)25-15-16-7-2-1-3-8-16/h1-14H,15H2,(H,23,24). The Morgan fingerprint density at radius 1 is 0.920 bits per heavy atom. The highest BCUT2D eigenvalue weighted by atomic mass is 16.5. The number of hydrogen-bond acceptors (Lipinski definition) is 3. The topological polar surface area (TPSA) is 59.4 Å². The smallest absolute Gasteiger partial charge is 0.355 e. The van der Waals surface area contributed by atoms with Gasteiger partial charge >= 0.3 is 5.97 Å². The molecule has 0 fully saturated rings. The molecule has 0 saturated carbocycles. The Balaban J connectivity index is 1.80. The van der Waals surface area contributed by atoms with Crippen LogP contribution in [0.25, 0.3) is 12.2 Å². The molecule has 4 nitrogen and oxygen atoms in total. The molecule has 0 spiro atoms. The highest BCUT2D eigenvalue weighted by Crippen LogP contribution is 2.22. The molecule has 0 radical (unpaired) electrons. The molecule has 0 aliphatic rings. The Labute approximate surface area is 146 Å². The molecule has 0 bridgehead atoms. The Morgan fingerprint density at radius 3 is 2.40 bits per heavy atom. The number of nitrogens with zero attached hydrogens (tertiary/aromatic N) is 1. The van der Waals surface area contributed by atoms with Crippen LogP contribution < -0.4 is 4.74 Å². The molecule has 2 aromatic carbocycles. The maximum atomic E-state index is 11.2. The van der Waals surface area contributed by atoms with Crippen LogP contribution in [0.3, 0.4) is 0 Å². The van der Waals surface area contributed by atoms with Crippen molar-refractivity contribution in [3.05, 3.63) is 95.3 Å². The molecule has 25 heavy (non-hydrogen) atoms. The van der Waals surface area contributed by atoms with Gasteiger partial charge in [-0.3, -0.25) is 0 Å². The summed E-state index contributed by atoms with van der Waals surface area (Å²) < 4.78 is 5.91. The van der Waals surface area contributed by atoms with Crippen LogP contribution in [0.5, 0.6) is 5.75 Å². The summed E-state index contributed by atoms with van der Waals surface area (Å²) >= 11 is 0. The minimum Gasteiger partial charge on any atom is -0.488 e. The first kappa shape index (κ1) is 16.5. The van der Waals surface area contributed by atoms with E-state index in [0.29, 0.717) is 12.2 Å². The van der Waals surface area contributed by atoms with Gasteiger partial charge in [0.05, 0.1) is 0 Å². The van der Waals surface area contributed by atoms with Gasteiger partial charge in [0.2, 0.25) is 0 Å². The van der Waals surface area contributed by atoms with E-state index in [2.05, 4.69) is 4.98 Å². The van der Waals surface area contributed by atoms with E-state index in [4.69, 9.17) is 4.74 Å². The van der Waals surface area contributed by atoms with Gasteiger partial charge in [-0.15, -0.1) is 0 Å². The van der Waals surface area contributed by atoms with Crippen LogP contribution >= 0.6 is 0 Å². The largest absolute Gasteiger partial charge is 0.488 e. The molecule has 1 aromatic heterocycles. The summed E-state index contributed by atoms with van der Waals surface area (Å²) in [5.41, 5.74) is 2.54. The van der Waals surface area contributed by atoms with Crippen LogP contribution in [0, 0.1) is 0 Å². The molecule has 1 N–H and O–H groups in total. The predicted molar refractivity (Wildman–Crippen MR) is 97.3 cm³/mol. The van der Waals surface area contributed by atoms with E-state index in [-0.39, 0.29) is 5.69 Å². The molecule has 0 saturated heterocycles. The van der Waals surface area contributed by atoms with Crippen LogP contribution in [-0.2, 0) is 6.61 Å². The second-order valence-electron chi connectivity index (χ2n) is 5.39. The first-order valence-electron chi connectivity index (χ1n) is 7.86. The molecular weight excluding hydrogens is 314 g/mol. The van der Waals surface area contributed by atoms with Gasteiger partial charge in [-0.2, -0.15) is 0 Å². The third-order valence-corrected chi connectivity index (χ3v) is 3.64. The predicted octanol–water partition coefficient (Wildman–Crippen LogP) is 4.53. The first-order valence-corrected chi connectivity index (χ1v) is 7.86. The molecule has 0 amide bonds. The van der Waals surface area contributed by atoms with Crippen LogP contribution in [0.2, 0.25) is 0 Å². The second kappa shape index (κ2) is 7.93. The zero-order valence-corrected chi connectivity index (χ0v) is 13.5. The SMILES string of the molecule is O=C(O)c1ncccc1C=Cc1ccccc1OCc1ccccc1. The van der Waals surface area contributed by atoms with Crippen molar-refractivity contribution in [1.29, 1.82) is 0 Å². The highest BCUT2D eigenvalue weighted by Gasteiger charge is 2.08. The van der Waals surface area contributed by atoms with Crippen molar-refractivity contribution in [3.8, 4) is 5.75 Å². The summed E-state index contributed by atoms with van der Waals surface area (Å²) in [6, 6.07) is 21.0. The Hall–Kier alpha value is -3.40. The summed E-state index contributed by atoms with van der Waals surface area (Å²) in [4.78, 5) is 15.1. The molecule has 124 valence electrons. The van der Waals surface area contributed by atoms with Gasteiger partial charge in [0.1, 0.15) is 12.4 Å². The normalized spacial score (nSPS) is 10.7. The van der Waals surface area contributed by atoms with Gasteiger partial charge in [0, 0.05) is 17.3 Å². The van der Waals surface area contributed by atoms with Gasteiger partial charge in [-0.05, 0) is 17.7 Å². The monoisotopic (exact) mass is 331 g/mol. The number of ether oxygens (including phenoxy) is 1. The number of para-hydroxylation sites is 1. The van der Waals surface area contributed by atoms with Gasteiger partial charge in [-0.25, -0.2) is 9.78 Å². The van der Waals surface area contributed by atoms with E-state index in [9.17, 15) is 9.90 Å². The minimum absolute atomic E-state index is 0.0291. The first-order chi connectivity index (χ1) is 12.2. The molecule has 0 aliphatic carbocycles. The fourth-order valence-corrected chi connectivity index (χ4v) is 2.40. The Kier molecular flexibility index (Phi) is 5.22. The number of benzene rings is 2. The van der Waals surface area contributed by atoms with Crippen LogP contribution in [0.15, 0.2) is 72.9 Å². The van der Waals surface area contributed by atoms with E-state index in [0.717, 1.165) is 16.9 Å². The summed E-state index contributed by atoms with van der Waals surface area (Å²) in [5, 5.41) is 9.21. The minimum atomic E-state index is -1.05. The summed E-state index contributed by atoms with van der Waals surface area (Å²) in [5.74, 6) is -0.308. The van der Waals surface area contributed by atoms with E-state index < -0.39 is 5.97 Å². The Bertz CT molecular complexity index is 888. The van der Waals surface area contributed by atoms with Gasteiger partial charge < -0.3 is 9.84 Å². The highest BCUT2D eigenvalue weighted by molar-refractivity contribution is 5.91. The van der Waals surface area contributed by atoms with Crippen molar-refractivity contribution in [2.45, 2.75) is 6.61 Å². The van der Waals surface area contributed by atoms with Gasteiger partial charge in [0.15, 0.2) is 5.69 Å². The Morgan fingerprint density at radius 2 is 1.60 bits per heavy atom. The molecule has 4 heteroatoms. The van der Waals surface area contributed by atoms with Crippen molar-refractivity contribution in [2.24, 2.45) is 0 Å². The van der Waals surface area contributed by atoms with Crippen molar-refractivity contribution in [2.75, 3.05) is 0 Å². The summed E-state index contributed by atoms with van der Waals surface area (Å²) in [6.07, 6.45) is 5.04. The maximum absolute atomic E-state index is 11.2. The number of rotatable bonds is 6. The summed E-state index contributed by atoms with van der Waals surface area (Å²) in [7, 11) is 0. The zero-order valence-electron chi connectivity index (χ0n) is 13.5. The molecule has 0 unspecified atom stereocenters. The maximum Gasteiger partial charge on any atom is 0.355 e. The number of carbonyl (C=O) groups is 1. The lowest BCUT2D eigenvalue weighted by atomic mass is 10.1. The molecule has 3 rings (SSSR count). The lowest BCUT2D eigenvalue weighted by Gasteiger charge is -2.09. The number of pyridine rings is 1. The van der Waals surface area contributed by atoms with Gasteiger partial charge in [0.25, 0.3) is 0 Å². The summed E-state index contributed by atoms with van der Waals surface area (Å²) in [6.45, 7) is 0.471. The average Bonchev–Trinajstić information content (AvgIpc) is 2.66. The third-order valence-electron chi connectivity index (χ3n) is 3.64. The average molecular weight is 331 g/mol. The number of carboxylic acid groups (broad SMARTS) is 1. The zero-order chi connectivity index (χ0) is 17.5. The van der Waals surface area contributed by atoms with E-state index in [1.165, 1.54) is 6.20 Å². The van der Waals surface area contributed by atoms with E-state index in [1.54, 1.807) is 18.2 Å². The van der Waals surface area contributed by atoms with Crippen molar-refractivity contribution >= 4 is 18.1 Å². The third kappa shape index (κ3) is 4.32. The lowest BCUT2D eigenvalue weighted by molar-refractivity contribution is 0.0690. The molecule has 0 aliphatic heterocycles. The quantitative estimate of drug-likeness (QED) is 0.721. The number of aromatic carboxylic acids is 1. The second-order valence-corrected chi connectivity index (χ2v) is 5.39. The van der Waals surface area contributed by atoms with E-state index in [1.807, 2.05) is 60.7 Å². The number of carboxylic acids is 1. The van der Waals surface area contributed by atoms with Gasteiger partial charge in [-0.1, -0.05) is 66.7 Å². The van der Waals surface area contributed by atoms with Crippen LogP contribution in [0.1, 0.15) is 27.2 Å². The number of aromatic nitrogens is 1.